The molecule has 2 aromatic rings. The second-order valence-corrected chi connectivity index (χ2v) is 8.42. The van der Waals surface area contributed by atoms with Crippen molar-refractivity contribution in [3.05, 3.63) is 47.5 Å². The van der Waals surface area contributed by atoms with E-state index in [1.807, 2.05) is 13.8 Å². The van der Waals surface area contributed by atoms with Gasteiger partial charge in [0.25, 0.3) is 5.91 Å². The summed E-state index contributed by atoms with van der Waals surface area (Å²) in [6.07, 6.45) is 1.48. The minimum Gasteiger partial charge on any atom is -0.496 e. The minimum atomic E-state index is -1.05. The first-order valence-corrected chi connectivity index (χ1v) is 11.6. The van der Waals surface area contributed by atoms with Gasteiger partial charge in [0.1, 0.15) is 23.7 Å². The molecule has 0 fully saturated rings. The Morgan fingerprint density at radius 2 is 1.72 bits per heavy atom. The Kier molecular flexibility index (Phi) is 10.2. The summed E-state index contributed by atoms with van der Waals surface area (Å²) >= 11 is 0. The number of methoxy groups -OCH3 is 2. The first-order chi connectivity index (χ1) is 17.0. The number of amides is 1. The number of hydrogen-bond acceptors (Lipinski definition) is 8. The van der Waals surface area contributed by atoms with Gasteiger partial charge in [-0.1, -0.05) is 26.3 Å². The van der Waals surface area contributed by atoms with E-state index < -0.39 is 35.8 Å². The molecule has 0 saturated heterocycles. The standard InChI is InChI=1S/C26H33FN2O7/c1-8-14(2)22(19-10-9-18(27)13-21(19)34-7)16(4)35-26(32)15(3)29-25(31)23-24(36-17(5)30)20(33-6)11-12-28-23/h9-16,22H,8H2,1-7H3,(H,29,31)/t14?,15-,16-,22-/m0/s1. The fourth-order valence-electron chi connectivity index (χ4n) is 3.91. The molecular weight excluding hydrogens is 471 g/mol. The van der Waals surface area contributed by atoms with Crippen molar-refractivity contribution in [2.45, 2.75) is 59.1 Å². The van der Waals surface area contributed by atoms with E-state index in [9.17, 15) is 18.8 Å². The van der Waals surface area contributed by atoms with Crippen LogP contribution in [0.3, 0.4) is 0 Å². The molecule has 1 aromatic carbocycles. The molecule has 10 heteroatoms. The summed E-state index contributed by atoms with van der Waals surface area (Å²) in [6.45, 7) is 8.41. The molecule has 0 aliphatic heterocycles. The lowest BCUT2D eigenvalue weighted by Gasteiger charge is -2.31. The van der Waals surface area contributed by atoms with Crippen LogP contribution in [0.2, 0.25) is 0 Å². The smallest absolute Gasteiger partial charge is 0.328 e. The third kappa shape index (κ3) is 6.93. The fourth-order valence-corrected chi connectivity index (χ4v) is 3.91. The number of ether oxygens (including phenoxy) is 4. The Balaban J connectivity index is 2.21. The van der Waals surface area contributed by atoms with Crippen LogP contribution in [0.5, 0.6) is 17.2 Å². The molecule has 1 aromatic heterocycles. The average Bonchev–Trinajstić information content (AvgIpc) is 2.84. The van der Waals surface area contributed by atoms with Crippen molar-refractivity contribution >= 4 is 17.8 Å². The van der Waals surface area contributed by atoms with E-state index >= 15 is 0 Å². The zero-order chi connectivity index (χ0) is 27.0. The number of nitrogens with one attached hydrogen (secondary N) is 1. The molecule has 0 radical (unpaired) electrons. The normalized spacial score (nSPS) is 14.1. The summed E-state index contributed by atoms with van der Waals surface area (Å²) < 4.78 is 35.1. The molecule has 1 heterocycles. The number of aromatic nitrogens is 1. The monoisotopic (exact) mass is 504 g/mol. The Hall–Kier alpha value is -3.69. The van der Waals surface area contributed by atoms with Gasteiger partial charge in [0.15, 0.2) is 11.4 Å². The van der Waals surface area contributed by atoms with Crippen LogP contribution in [-0.4, -0.2) is 49.2 Å². The van der Waals surface area contributed by atoms with Crippen molar-refractivity contribution in [1.82, 2.24) is 10.3 Å². The summed E-state index contributed by atoms with van der Waals surface area (Å²) in [7, 11) is 2.81. The maximum atomic E-state index is 13.8. The Morgan fingerprint density at radius 3 is 2.31 bits per heavy atom. The SMILES string of the molecule is CCC(C)[C@H](c1ccc(F)cc1OC)[C@H](C)OC(=O)[C@H](C)NC(=O)c1nccc(OC)c1OC(C)=O. The minimum absolute atomic E-state index is 0.0735. The number of carbonyl (C=O) groups excluding carboxylic acids is 3. The topological polar surface area (TPSA) is 113 Å². The second-order valence-electron chi connectivity index (χ2n) is 8.42. The van der Waals surface area contributed by atoms with Gasteiger partial charge in [0, 0.05) is 36.7 Å². The number of hydrogen-bond donors (Lipinski definition) is 1. The predicted molar refractivity (Wildman–Crippen MR) is 130 cm³/mol. The van der Waals surface area contributed by atoms with Gasteiger partial charge in [0.05, 0.1) is 14.2 Å². The van der Waals surface area contributed by atoms with E-state index in [-0.39, 0.29) is 29.0 Å². The van der Waals surface area contributed by atoms with E-state index in [4.69, 9.17) is 18.9 Å². The van der Waals surface area contributed by atoms with E-state index in [0.29, 0.717) is 5.75 Å². The first kappa shape index (κ1) is 28.5. The van der Waals surface area contributed by atoms with Crippen LogP contribution in [0, 0.1) is 11.7 Å². The number of esters is 2. The van der Waals surface area contributed by atoms with E-state index in [1.165, 1.54) is 52.5 Å². The van der Waals surface area contributed by atoms with Crippen molar-refractivity contribution in [2.24, 2.45) is 5.92 Å². The molecule has 4 atom stereocenters. The highest BCUT2D eigenvalue weighted by Crippen LogP contribution is 2.37. The number of nitrogens with zero attached hydrogens (tertiary/aromatic N) is 1. The van der Waals surface area contributed by atoms with Gasteiger partial charge in [-0.05, 0) is 25.8 Å². The highest BCUT2D eigenvalue weighted by atomic mass is 19.1. The molecule has 9 nitrogen and oxygen atoms in total. The molecule has 1 N–H and O–H groups in total. The molecule has 36 heavy (non-hydrogen) atoms. The first-order valence-electron chi connectivity index (χ1n) is 11.6. The second kappa shape index (κ2) is 12.9. The third-order valence-corrected chi connectivity index (χ3v) is 5.87. The van der Waals surface area contributed by atoms with E-state index in [1.54, 1.807) is 13.0 Å². The Labute approximate surface area is 210 Å². The molecule has 2 rings (SSSR count). The third-order valence-electron chi connectivity index (χ3n) is 5.87. The highest BCUT2D eigenvalue weighted by Gasteiger charge is 2.32. The maximum Gasteiger partial charge on any atom is 0.328 e. The number of carbonyl (C=O) groups is 3. The number of benzene rings is 1. The zero-order valence-electron chi connectivity index (χ0n) is 21.6. The highest BCUT2D eigenvalue weighted by molar-refractivity contribution is 5.98. The van der Waals surface area contributed by atoms with Gasteiger partial charge >= 0.3 is 11.9 Å². The van der Waals surface area contributed by atoms with Gasteiger partial charge in [-0.25, -0.2) is 14.2 Å². The van der Waals surface area contributed by atoms with Crippen LogP contribution in [-0.2, 0) is 14.3 Å². The van der Waals surface area contributed by atoms with E-state index in [0.717, 1.165) is 12.0 Å². The maximum absolute atomic E-state index is 13.8. The zero-order valence-corrected chi connectivity index (χ0v) is 21.6. The summed E-state index contributed by atoms with van der Waals surface area (Å²) in [5, 5.41) is 2.52. The van der Waals surface area contributed by atoms with Gasteiger partial charge in [-0.15, -0.1) is 0 Å². The number of pyridine rings is 1. The molecule has 1 amide bonds. The van der Waals surface area contributed by atoms with E-state index in [2.05, 4.69) is 10.3 Å². The van der Waals surface area contributed by atoms with Gasteiger partial charge < -0.3 is 24.3 Å². The lowest BCUT2D eigenvalue weighted by atomic mass is 9.81. The number of halogens is 1. The quantitative estimate of drug-likeness (QED) is 0.456. The van der Waals surface area contributed by atoms with Crippen LogP contribution in [0.15, 0.2) is 30.5 Å². The summed E-state index contributed by atoms with van der Waals surface area (Å²) in [6, 6.07) is 4.65. The van der Waals surface area contributed by atoms with Crippen LogP contribution >= 0.6 is 0 Å². The van der Waals surface area contributed by atoms with Crippen molar-refractivity contribution in [1.29, 1.82) is 0 Å². The predicted octanol–water partition coefficient (Wildman–Crippen LogP) is 4.04. The van der Waals surface area contributed by atoms with Gasteiger partial charge in [-0.2, -0.15) is 0 Å². The van der Waals surface area contributed by atoms with Crippen molar-refractivity contribution in [3.63, 3.8) is 0 Å². The molecule has 0 aliphatic rings. The summed E-state index contributed by atoms with van der Waals surface area (Å²) in [5.74, 6) is -2.38. The van der Waals surface area contributed by atoms with Crippen molar-refractivity contribution in [3.8, 4) is 17.2 Å². The largest absolute Gasteiger partial charge is 0.496 e. The molecule has 1 unspecified atom stereocenters. The van der Waals surface area contributed by atoms with Crippen molar-refractivity contribution < 1.29 is 37.7 Å². The molecule has 0 saturated carbocycles. The molecule has 0 spiro atoms. The van der Waals surface area contributed by atoms with Crippen LogP contribution in [0.4, 0.5) is 4.39 Å². The average molecular weight is 505 g/mol. The Bertz CT molecular complexity index is 1090. The Morgan fingerprint density at radius 1 is 1.06 bits per heavy atom. The van der Waals surface area contributed by atoms with Crippen LogP contribution < -0.4 is 19.5 Å². The summed E-state index contributed by atoms with van der Waals surface area (Å²) in [5.41, 5.74) is 0.502. The van der Waals surface area contributed by atoms with Crippen LogP contribution in [0.1, 0.15) is 63.0 Å². The lowest BCUT2D eigenvalue weighted by molar-refractivity contribution is -0.151. The lowest BCUT2D eigenvalue weighted by Crippen LogP contribution is -2.42. The fraction of sp³-hybridized carbons (Fsp3) is 0.462. The summed E-state index contributed by atoms with van der Waals surface area (Å²) in [4.78, 5) is 41.2. The number of rotatable bonds is 11. The molecular formula is C26H33FN2O7. The molecule has 196 valence electrons. The van der Waals surface area contributed by atoms with Gasteiger partial charge in [0.2, 0.25) is 5.75 Å². The van der Waals surface area contributed by atoms with Crippen LogP contribution in [0.25, 0.3) is 0 Å². The van der Waals surface area contributed by atoms with Crippen molar-refractivity contribution in [2.75, 3.05) is 14.2 Å². The molecule has 0 aliphatic carbocycles. The van der Waals surface area contributed by atoms with Gasteiger partial charge in [-0.3, -0.25) is 9.59 Å². The molecule has 0 bridgehead atoms.